The van der Waals surface area contributed by atoms with E-state index in [0.717, 1.165) is 24.7 Å². The van der Waals surface area contributed by atoms with Gasteiger partial charge in [0, 0.05) is 24.2 Å². The Balaban J connectivity index is 1.71. The lowest BCUT2D eigenvalue weighted by Crippen LogP contribution is -2.57. The van der Waals surface area contributed by atoms with E-state index in [1.807, 2.05) is 0 Å². The van der Waals surface area contributed by atoms with E-state index in [9.17, 15) is 9.59 Å². The van der Waals surface area contributed by atoms with Crippen LogP contribution in [-0.2, 0) is 9.59 Å². The number of carbonyl (C=O) groups excluding carboxylic acids is 2. The highest BCUT2D eigenvalue weighted by Gasteiger charge is 2.63. The normalized spacial score (nSPS) is 54.6. The van der Waals surface area contributed by atoms with Gasteiger partial charge in [-0.05, 0) is 61.2 Å². The number of rotatable bonds is 0. The smallest absolute Gasteiger partial charge is 0.139 e. The molecular weight excluding hydrogens is 272 g/mol. The Hall–Kier alpha value is -0.660. The first-order valence-electron chi connectivity index (χ1n) is 9.42. The second-order valence-corrected chi connectivity index (χ2v) is 9.43. The van der Waals surface area contributed by atoms with Crippen molar-refractivity contribution < 1.29 is 9.59 Å². The van der Waals surface area contributed by atoms with Crippen molar-refractivity contribution in [3.63, 3.8) is 0 Å². The molecule has 2 heteroatoms. The zero-order valence-electron chi connectivity index (χ0n) is 14.4. The van der Waals surface area contributed by atoms with E-state index < -0.39 is 0 Å². The summed E-state index contributed by atoms with van der Waals surface area (Å²) in [6.45, 7) is 6.89. The Morgan fingerprint density at radius 2 is 1.82 bits per heavy atom. The van der Waals surface area contributed by atoms with Crippen LogP contribution in [0.5, 0.6) is 0 Å². The fourth-order valence-corrected chi connectivity index (χ4v) is 7.07. The lowest BCUT2D eigenvalue weighted by Gasteiger charge is -2.59. The van der Waals surface area contributed by atoms with Gasteiger partial charge >= 0.3 is 0 Å². The molecule has 0 amide bonds. The molecule has 4 fully saturated rings. The van der Waals surface area contributed by atoms with E-state index in [0.29, 0.717) is 29.8 Å². The molecule has 22 heavy (non-hydrogen) atoms. The van der Waals surface area contributed by atoms with Gasteiger partial charge in [0.2, 0.25) is 0 Å². The van der Waals surface area contributed by atoms with Gasteiger partial charge in [-0.1, -0.05) is 27.2 Å². The van der Waals surface area contributed by atoms with Crippen LogP contribution < -0.4 is 0 Å². The summed E-state index contributed by atoms with van der Waals surface area (Å²) in [4.78, 5) is 25.5. The van der Waals surface area contributed by atoms with Crippen molar-refractivity contribution >= 4 is 11.6 Å². The molecule has 7 unspecified atom stereocenters. The topological polar surface area (TPSA) is 34.1 Å². The van der Waals surface area contributed by atoms with Crippen molar-refractivity contribution in [2.75, 3.05) is 0 Å². The van der Waals surface area contributed by atoms with E-state index in [-0.39, 0.29) is 16.7 Å². The van der Waals surface area contributed by atoms with Crippen LogP contribution >= 0.6 is 0 Å². The van der Waals surface area contributed by atoms with Gasteiger partial charge < -0.3 is 0 Å². The van der Waals surface area contributed by atoms with Crippen molar-refractivity contribution in [2.45, 2.75) is 72.1 Å². The van der Waals surface area contributed by atoms with Gasteiger partial charge in [-0.2, -0.15) is 0 Å². The number of Topliss-reactive ketones (excluding diaryl/α,β-unsaturated/α-hetero) is 2. The highest BCUT2D eigenvalue weighted by molar-refractivity contribution is 5.95. The van der Waals surface area contributed by atoms with Crippen LogP contribution in [0.3, 0.4) is 0 Å². The van der Waals surface area contributed by atoms with E-state index >= 15 is 0 Å². The van der Waals surface area contributed by atoms with E-state index in [2.05, 4.69) is 20.8 Å². The molecule has 4 aliphatic carbocycles. The lowest BCUT2D eigenvalue weighted by atomic mass is 9.44. The average molecular weight is 302 g/mol. The molecule has 0 aromatic heterocycles. The predicted octanol–water partition coefficient (Wildman–Crippen LogP) is 4.41. The van der Waals surface area contributed by atoms with Gasteiger partial charge in [-0.25, -0.2) is 0 Å². The summed E-state index contributed by atoms with van der Waals surface area (Å²) < 4.78 is 0. The molecule has 0 radical (unpaired) electrons. The summed E-state index contributed by atoms with van der Waals surface area (Å²) in [7, 11) is 0. The van der Waals surface area contributed by atoms with Crippen LogP contribution in [0.2, 0.25) is 0 Å². The first kappa shape index (κ1) is 14.9. The Morgan fingerprint density at radius 3 is 2.59 bits per heavy atom. The second kappa shape index (κ2) is 4.68. The molecule has 0 spiro atoms. The monoisotopic (exact) mass is 302 g/mol. The highest BCUT2D eigenvalue weighted by Crippen LogP contribution is 2.64. The minimum atomic E-state index is -0.316. The summed E-state index contributed by atoms with van der Waals surface area (Å²) in [5.41, 5.74) is -0.0944. The zero-order valence-corrected chi connectivity index (χ0v) is 14.4. The molecule has 4 rings (SSSR count). The van der Waals surface area contributed by atoms with Crippen molar-refractivity contribution in [2.24, 2.45) is 40.4 Å². The summed E-state index contributed by atoms with van der Waals surface area (Å²) in [6, 6.07) is 0. The third-order valence-corrected chi connectivity index (χ3v) is 8.33. The van der Waals surface area contributed by atoms with Crippen LogP contribution in [0.1, 0.15) is 72.1 Å². The molecule has 0 aromatic rings. The maximum atomic E-state index is 13.1. The fraction of sp³-hybridized carbons (Fsp3) is 0.900. The molecule has 4 saturated carbocycles. The summed E-state index contributed by atoms with van der Waals surface area (Å²) in [6.07, 6.45) is 8.60. The van der Waals surface area contributed by atoms with Gasteiger partial charge in [0.1, 0.15) is 11.6 Å². The molecule has 7 atom stereocenters. The highest BCUT2D eigenvalue weighted by atomic mass is 16.1. The van der Waals surface area contributed by atoms with E-state index in [1.54, 1.807) is 0 Å². The molecule has 0 saturated heterocycles. The van der Waals surface area contributed by atoms with Crippen LogP contribution in [0.25, 0.3) is 0 Å². The molecule has 0 aromatic carbocycles. The Kier molecular flexibility index (Phi) is 3.17. The van der Waals surface area contributed by atoms with Gasteiger partial charge in [0.25, 0.3) is 0 Å². The molecule has 0 heterocycles. The SMILES string of the molecule is CC1CCC2(C)C(CCC3C4CCC(=O)C4(C)CC(=O)C32)C1. The number of carbonyl (C=O) groups is 2. The minimum Gasteiger partial charge on any atom is -0.299 e. The third kappa shape index (κ3) is 1.79. The zero-order chi connectivity index (χ0) is 15.7. The van der Waals surface area contributed by atoms with Crippen molar-refractivity contribution in [1.82, 2.24) is 0 Å². The van der Waals surface area contributed by atoms with Crippen LogP contribution in [0, 0.1) is 40.4 Å². The van der Waals surface area contributed by atoms with Gasteiger partial charge in [-0.15, -0.1) is 0 Å². The quantitative estimate of drug-likeness (QED) is 0.664. The Labute approximate surface area is 134 Å². The van der Waals surface area contributed by atoms with Gasteiger partial charge in [-0.3, -0.25) is 9.59 Å². The number of hydrogen-bond donors (Lipinski definition) is 0. The first-order valence-corrected chi connectivity index (χ1v) is 9.42. The summed E-state index contributed by atoms with van der Waals surface area (Å²) >= 11 is 0. The van der Waals surface area contributed by atoms with Crippen LogP contribution in [-0.4, -0.2) is 11.6 Å². The van der Waals surface area contributed by atoms with Crippen molar-refractivity contribution in [3.05, 3.63) is 0 Å². The molecule has 4 aliphatic rings. The Bertz CT molecular complexity index is 524. The van der Waals surface area contributed by atoms with Crippen LogP contribution in [0.4, 0.5) is 0 Å². The largest absolute Gasteiger partial charge is 0.299 e. The standard InChI is InChI=1S/C20H30O2/c1-12-8-9-19(2)13(10-12)4-5-14-15-6-7-17(22)20(15,3)11-16(21)18(14)19/h12-15,18H,4-11H2,1-3H3. The molecule has 2 nitrogen and oxygen atoms in total. The number of hydrogen-bond acceptors (Lipinski definition) is 2. The van der Waals surface area contributed by atoms with E-state index in [1.165, 1.54) is 32.1 Å². The molecular formula is C20H30O2. The second-order valence-electron chi connectivity index (χ2n) is 9.43. The van der Waals surface area contributed by atoms with Crippen molar-refractivity contribution in [1.29, 1.82) is 0 Å². The average Bonchev–Trinajstić information content (AvgIpc) is 2.75. The summed E-state index contributed by atoms with van der Waals surface area (Å²) in [5.74, 6) is 3.60. The van der Waals surface area contributed by atoms with E-state index in [4.69, 9.17) is 0 Å². The maximum Gasteiger partial charge on any atom is 0.139 e. The fourth-order valence-electron chi connectivity index (χ4n) is 7.07. The maximum absolute atomic E-state index is 13.1. The minimum absolute atomic E-state index is 0.222. The van der Waals surface area contributed by atoms with Gasteiger partial charge in [0.15, 0.2) is 0 Å². The van der Waals surface area contributed by atoms with Crippen molar-refractivity contribution in [3.8, 4) is 0 Å². The third-order valence-electron chi connectivity index (χ3n) is 8.33. The summed E-state index contributed by atoms with van der Waals surface area (Å²) in [5, 5.41) is 0. The predicted molar refractivity (Wildman–Crippen MR) is 86.3 cm³/mol. The first-order chi connectivity index (χ1) is 10.4. The number of fused-ring (bicyclic) bond motifs is 5. The molecule has 0 bridgehead atoms. The van der Waals surface area contributed by atoms with Gasteiger partial charge in [0.05, 0.1) is 0 Å². The molecule has 0 N–H and O–H groups in total. The molecule has 0 aliphatic heterocycles. The Morgan fingerprint density at radius 1 is 1.05 bits per heavy atom. The number of ketones is 2. The molecule has 122 valence electrons. The lowest BCUT2D eigenvalue weighted by molar-refractivity contribution is -0.160. The van der Waals surface area contributed by atoms with Crippen LogP contribution in [0.15, 0.2) is 0 Å².